The smallest absolute Gasteiger partial charge is 0.186 e. The molecule has 2 aliphatic rings. The molecule has 3 nitrogen and oxygen atoms in total. The van der Waals surface area contributed by atoms with Gasteiger partial charge in [0.05, 0.1) is 5.69 Å². The highest BCUT2D eigenvalue weighted by Gasteiger charge is 2.35. The van der Waals surface area contributed by atoms with Crippen molar-refractivity contribution in [2.75, 3.05) is 11.4 Å². The van der Waals surface area contributed by atoms with Crippen LogP contribution in [0.3, 0.4) is 0 Å². The summed E-state index contributed by atoms with van der Waals surface area (Å²) >= 11 is 1.92. The number of hydrogen-bond acceptors (Lipinski definition) is 4. The molecule has 0 spiro atoms. The third kappa shape index (κ3) is 3.53. The first-order valence-electron chi connectivity index (χ1n) is 8.16. The van der Waals surface area contributed by atoms with Gasteiger partial charge in [-0.3, -0.25) is 0 Å². The molecule has 112 valence electrons. The van der Waals surface area contributed by atoms with Gasteiger partial charge in [-0.1, -0.05) is 20.8 Å². The molecule has 0 saturated heterocycles. The van der Waals surface area contributed by atoms with Gasteiger partial charge in [0.25, 0.3) is 0 Å². The maximum Gasteiger partial charge on any atom is 0.186 e. The highest BCUT2D eigenvalue weighted by atomic mass is 32.1. The predicted octanol–water partition coefficient (Wildman–Crippen LogP) is 3.58. The molecule has 3 rings (SSSR count). The van der Waals surface area contributed by atoms with Crippen LogP contribution in [0.4, 0.5) is 5.13 Å². The maximum absolute atomic E-state index is 4.95. The van der Waals surface area contributed by atoms with Crippen LogP contribution in [0.2, 0.25) is 0 Å². The average Bonchev–Trinajstić information content (AvgIpc) is 3.31. The highest BCUT2D eigenvalue weighted by molar-refractivity contribution is 7.15. The van der Waals surface area contributed by atoms with Gasteiger partial charge in [0.15, 0.2) is 5.13 Å². The Bertz CT molecular complexity index is 447. The van der Waals surface area contributed by atoms with Crippen LogP contribution < -0.4 is 10.2 Å². The Hall–Kier alpha value is -0.610. The van der Waals surface area contributed by atoms with E-state index in [2.05, 4.69) is 31.0 Å². The van der Waals surface area contributed by atoms with E-state index in [1.54, 1.807) is 0 Å². The summed E-state index contributed by atoms with van der Waals surface area (Å²) in [5.41, 5.74) is 1.31. The minimum atomic E-state index is 0.538. The van der Waals surface area contributed by atoms with Crippen molar-refractivity contribution in [3.8, 4) is 0 Å². The first-order valence-corrected chi connectivity index (χ1v) is 8.97. The van der Waals surface area contributed by atoms with E-state index in [1.807, 2.05) is 11.3 Å². The zero-order valence-corrected chi connectivity index (χ0v) is 13.8. The number of nitrogens with zero attached hydrogens (tertiary/aromatic N) is 2. The molecule has 1 aromatic heterocycles. The number of thiazole rings is 1. The molecule has 1 N–H and O–H groups in total. The molecule has 0 amide bonds. The molecular weight excluding hydrogens is 266 g/mol. The van der Waals surface area contributed by atoms with Gasteiger partial charge < -0.3 is 10.2 Å². The van der Waals surface area contributed by atoms with Crippen LogP contribution in [0.15, 0.2) is 0 Å². The van der Waals surface area contributed by atoms with Crippen molar-refractivity contribution < 1.29 is 0 Å². The number of rotatable bonds is 8. The number of anilines is 1. The second kappa shape index (κ2) is 6.02. The lowest BCUT2D eigenvalue weighted by atomic mass is 10.3. The van der Waals surface area contributed by atoms with Crippen molar-refractivity contribution in [2.24, 2.45) is 5.92 Å². The van der Waals surface area contributed by atoms with Crippen molar-refractivity contribution in [1.82, 2.24) is 10.3 Å². The molecule has 2 saturated carbocycles. The molecule has 0 unspecified atom stereocenters. The summed E-state index contributed by atoms with van der Waals surface area (Å²) in [5.74, 6) is 0.946. The average molecular weight is 293 g/mol. The van der Waals surface area contributed by atoms with Crippen molar-refractivity contribution >= 4 is 16.5 Å². The van der Waals surface area contributed by atoms with Gasteiger partial charge in [-0.2, -0.15) is 0 Å². The Morgan fingerprint density at radius 2 is 2.05 bits per heavy atom. The van der Waals surface area contributed by atoms with Crippen molar-refractivity contribution in [1.29, 1.82) is 0 Å². The Balaban J connectivity index is 1.73. The highest BCUT2D eigenvalue weighted by Crippen LogP contribution is 2.39. The van der Waals surface area contributed by atoms with Crippen LogP contribution >= 0.6 is 11.3 Å². The SMILES string of the molecule is CCc1nc(N(CC2CC2)C2CC2)sc1CNC(C)C. The minimum Gasteiger partial charge on any atom is -0.345 e. The lowest BCUT2D eigenvalue weighted by molar-refractivity contribution is 0.590. The second-order valence-corrected chi connectivity index (χ2v) is 7.64. The lowest BCUT2D eigenvalue weighted by Crippen LogP contribution is -2.27. The molecular formula is C16H27N3S. The summed E-state index contributed by atoms with van der Waals surface area (Å²) in [6.07, 6.45) is 6.64. The van der Waals surface area contributed by atoms with Gasteiger partial charge in [-0.15, -0.1) is 11.3 Å². The second-order valence-electron chi connectivity index (χ2n) is 6.58. The summed E-state index contributed by atoms with van der Waals surface area (Å²) in [6.45, 7) is 8.85. The van der Waals surface area contributed by atoms with E-state index in [-0.39, 0.29) is 0 Å². The summed E-state index contributed by atoms with van der Waals surface area (Å²) in [4.78, 5) is 9.01. The third-order valence-corrected chi connectivity index (χ3v) is 5.29. The maximum atomic E-state index is 4.95. The van der Waals surface area contributed by atoms with E-state index in [1.165, 1.54) is 47.9 Å². The van der Waals surface area contributed by atoms with E-state index in [9.17, 15) is 0 Å². The van der Waals surface area contributed by atoms with Crippen molar-refractivity contribution in [2.45, 2.75) is 71.5 Å². The zero-order valence-electron chi connectivity index (χ0n) is 13.0. The number of aromatic nitrogens is 1. The predicted molar refractivity (Wildman–Crippen MR) is 86.6 cm³/mol. The Kier molecular flexibility index (Phi) is 4.32. The molecule has 2 aliphatic carbocycles. The van der Waals surface area contributed by atoms with Gasteiger partial charge in [0.1, 0.15) is 0 Å². The first-order chi connectivity index (χ1) is 9.67. The summed E-state index contributed by atoms with van der Waals surface area (Å²) in [5, 5.41) is 4.83. The zero-order chi connectivity index (χ0) is 14.1. The van der Waals surface area contributed by atoms with Crippen LogP contribution in [0, 0.1) is 5.92 Å². The number of nitrogens with one attached hydrogen (secondary N) is 1. The molecule has 1 aromatic rings. The fourth-order valence-electron chi connectivity index (χ4n) is 2.55. The van der Waals surface area contributed by atoms with Crippen molar-refractivity contribution in [3.05, 3.63) is 10.6 Å². The molecule has 0 radical (unpaired) electrons. The molecule has 0 atom stereocenters. The Morgan fingerprint density at radius 3 is 2.60 bits per heavy atom. The van der Waals surface area contributed by atoms with E-state index >= 15 is 0 Å². The monoisotopic (exact) mass is 293 g/mol. The summed E-state index contributed by atoms with van der Waals surface area (Å²) in [7, 11) is 0. The first kappa shape index (κ1) is 14.3. The molecule has 0 bridgehead atoms. The van der Waals surface area contributed by atoms with Crippen LogP contribution in [0.25, 0.3) is 0 Å². The fraction of sp³-hybridized carbons (Fsp3) is 0.812. The molecule has 1 heterocycles. The van der Waals surface area contributed by atoms with Crippen molar-refractivity contribution in [3.63, 3.8) is 0 Å². The lowest BCUT2D eigenvalue weighted by Gasteiger charge is -2.21. The minimum absolute atomic E-state index is 0.538. The van der Waals surface area contributed by atoms with E-state index in [0.29, 0.717) is 6.04 Å². The standard InChI is InChI=1S/C16H27N3S/c1-4-14-15(9-17-11(2)3)20-16(18-14)19(13-7-8-13)10-12-5-6-12/h11-13,17H,4-10H2,1-3H3. The van der Waals surface area contributed by atoms with E-state index in [0.717, 1.165) is 24.9 Å². The van der Waals surface area contributed by atoms with E-state index in [4.69, 9.17) is 4.98 Å². The van der Waals surface area contributed by atoms with Gasteiger partial charge >= 0.3 is 0 Å². The fourth-order valence-corrected chi connectivity index (χ4v) is 3.73. The number of aryl methyl sites for hydroxylation is 1. The molecule has 0 aromatic carbocycles. The van der Waals surface area contributed by atoms with Gasteiger partial charge in [0, 0.05) is 30.1 Å². The van der Waals surface area contributed by atoms with Crippen LogP contribution in [-0.2, 0) is 13.0 Å². The molecule has 20 heavy (non-hydrogen) atoms. The van der Waals surface area contributed by atoms with Crippen LogP contribution in [0.1, 0.15) is 57.0 Å². The van der Waals surface area contributed by atoms with Gasteiger partial charge in [-0.05, 0) is 38.0 Å². The normalized spacial score (nSPS) is 18.8. The molecule has 0 aliphatic heterocycles. The number of hydrogen-bond donors (Lipinski definition) is 1. The van der Waals surface area contributed by atoms with Crippen LogP contribution in [-0.4, -0.2) is 23.6 Å². The summed E-state index contributed by atoms with van der Waals surface area (Å²) < 4.78 is 0. The van der Waals surface area contributed by atoms with E-state index < -0.39 is 0 Å². The van der Waals surface area contributed by atoms with Gasteiger partial charge in [-0.25, -0.2) is 4.98 Å². The largest absolute Gasteiger partial charge is 0.345 e. The summed E-state index contributed by atoms with van der Waals surface area (Å²) in [6, 6.07) is 1.33. The quantitative estimate of drug-likeness (QED) is 0.794. The topological polar surface area (TPSA) is 28.2 Å². The van der Waals surface area contributed by atoms with Gasteiger partial charge in [0.2, 0.25) is 0 Å². The molecule has 4 heteroatoms. The molecule has 2 fully saturated rings. The van der Waals surface area contributed by atoms with Crippen LogP contribution in [0.5, 0.6) is 0 Å². The Labute approximate surface area is 126 Å². The Morgan fingerprint density at radius 1 is 1.30 bits per heavy atom. The third-order valence-electron chi connectivity index (χ3n) is 4.16.